The summed E-state index contributed by atoms with van der Waals surface area (Å²) in [7, 11) is 0. The molecule has 4 N–H and O–H groups in total. The van der Waals surface area contributed by atoms with Crippen LogP contribution in [-0.4, -0.2) is 0 Å². The van der Waals surface area contributed by atoms with Gasteiger partial charge in [-0.25, -0.2) is 0 Å². The summed E-state index contributed by atoms with van der Waals surface area (Å²) >= 11 is 12.3. The minimum absolute atomic E-state index is 0.107. The van der Waals surface area contributed by atoms with Crippen LogP contribution in [0.1, 0.15) is 44.1 Å². The molecule has 34 heavy (non-hydrogen) atoms. The molecule has 4 bridgehead atoms. The summed E-state index contributed by atoms with van der Waals surface area (Å²) in [6, 6.07) is 16.8. The smallest absolute Gasteiger partial charge is 0.173 e. The molecule has 4 aliphatic rings. The molecule has 0 saturated heterocycles. The molecule has 6 heteroatoms. The number of rotatable bonds is 5. The van der Waals surface area contributed by atoms with Gasteiger partial charge in [0.05, 0.1) is 11.4 Å². The number of benzene rings is 3. The van der Waals surface area contributed by atoms with Crippen molar-refractivity contribution in [3.05, 3.63) is 70.2 Å². The fourth-order valence-electron chi connectivity index (χ4n) is 7.01. The van der Waals surface area contributed by atoms with Crippen molar-refractivity contribution in [2.75, 3.05) is 11.5 Å². The largest absolute Gasteiger partial charge is 0.451 e. The lowest BCUT2D eigenvalue weighted by atomic mass is 9.48. The minimum atomic E-state index is 0.107. The lowest BCUT2D eigenvalue weighted by molar-refractivity contribution is -0.00608. The van der Waals surface area contributed by atoms with Gasteiger partial charge in [0.1, 0.15) is 0 Å². The number of nitrogen functional groups attached to an aromatic ring is 2. The zero-order valence-electron chi connectivity index (χ0n) is 18.9. The summed E-state index contributed by atoms with van der Waals surface area (Å²) in [5.41, 5.74) is 14.8. The highest BCUT2D eigenvalue weighted by atomic mass is 35.5. The first kappa shape index (κ1) is 21.9. The lowest BCUT2D eigenvalue weighted by Crippen LogP contribution is -2.48. The van der Waals surface area contributed by atoms with Crippen LogP contribution in [0.4, 0.5) is 11.4 Å². The number of hydrogen-bond donors (Lipinski definition) is 2. The van der Waals surface area contributed by atoms with Crippen molar-refractivity contribution in [3.63, 3.8) is 0 Å². The van der Waals surface area contributed by atoms with E-state index in [-0.39, 0.29) is 5.41 Å². The Kier molecular flexibility index (Phi) is 5.34. The first-order valence-corrected chi connectivity index (χ1v) is 12.7. The molecule has 0 unspecified atom stereocenters. The molecule has 7 rings (SSSR count). The number of para-hydroxylation sites is 1. The van der Waals surface area contributed by atoms with E-state index in [2.05, 4.69) is 12.1 Å². The molecule has 0 aliphatic heterocycles. The molecule has 4 fully saturated rings. The highest BCUT2D eigenvalue weighted by Crippen LogP contribution is 2.63. The topological polar surface area (TPSA) is 70.5 Å². The number of anilines is 2. The summed E-state index contributed by atoms with van der Waals surface area (Å²) < 4.78 is 12.9. The van der Waals surface area contributed by atoms with Gasteiger partial charge in [-0.2, -0.15) is 0 Å². The fraction of sp³-hybridized carbons (Fsp3) is 0.357. The predicted octanol–water partition coefficient (Wildman–Crippen LogP) is 8.21. The fourth-order valence-corrected chi connectivity index (χ4v) is 7.37. The van der Waals surface area contributed by atoms with Crippen LogP contribution in [-0.2, 0) is 5.41 Å². The highest BCUT2D eigenvalue weighted by molar-refractivity contribution is 6.31. The molecule has 4 nitrogen and oxygen atoms in total. The summed E-state index contributed by atoms with van der Waals surface area (Å²) in [5, 5.41) is 1.14. The Morgan fingerprint density at radius 3 is 1.74 bits per heavy atom. The molecule has 3 aromatic rings. The molecule has 0 atom stereocenters. The Labute approximate surface area is 210 Å². The Balaban J connectivity index is 1.46. The van der Waals surface area contributed by atoms with Crippen molar-refractivity contribution in [2.45, 2.75) is 43.9 Å². The van der Waals surface area contributed by atoms with E-state index in [1.807, 2.05) is 12.1 Å². The second kappa shape index (κ2) is 8.28. The SMILES string of the molecule is Nc1cc(Cl)ccc1Oc1cccc(C23CC4CC(CC(C4)C2)C3)c1Oc1ccc(Cl)cc1N. The van der Waals surface area contributed by atoms with E-state index in [1.165, 1.54) is 44.1 Å². The number of nitrogens with two attached hydrogens (primary N) is 2. The molecule has 0 radical (unpaired) electrons. The maximum absolute atomic E-state index is 6.58. The Bertz CT molecular complexity index is 1220. The standard InChI is InChI=1S/C28H28Cl2N2O2/c29-19-4-6-24(22(31)11-19)33-26-3-1-2-21(27(26)34-25-7-5-20(30)12-23(25)32)28-13-16-8-17(14-28)10-18(9-16)15-28/h1-7,11-12,16-18H,8-10,13-15,31-32H2. The molecule has 4 aliphatic carbocycles. The maximum Gasteiger partial charge on any atom is 0.173 e. The van der Waals surface area contributed by atoms with Gasteiger partial charge in [0.25, 0.3) is 0 Å². The van der Waals surface area contributed by atoms with Crippen LogP contribution in [0.15, 0.2) is 54.6 Å². The van der Waals surface area contributed by atoms with E-state index in [9.17, 15) is 0 Å². The van der Waals surface area contributed by atoms with Crippen LogP contribution in [0.2, 0.25) is 10.0 Å². The van der Waals surface area contributed by atoms with Gasteiger partial charge in [-0.1, -0.05) is 35.3 Å². The van der Waals surface area contributed by atoms with E-state index in [0.717, 1.165) is 17.8 Å². The predicted molar refractivity (Wildman–Crippen MR) is 138 cm³/mol. The Morgan fingerprint density at radius 1 is 0.676 bits per heavy atom. The zero-order chi connectivity index (χ0) is 23.4. The van der Waals surface area contributed by atoms with Crippen LogP contribution >= 0.6 is 23.2 Å². The molecule has 0 amide bonds. The second-order valence-electron chi connectivity index (χ2n) is 10.4. The van der Waals surface area contributed by atoms with Crippen molar-refractivity contribution in [1.29, 1.82) is 0 Å². The molecule has 0 spiro atoms. The van der Waals surface area contributed by atoms with Gasteiger partial charge in [-0.05, 0) is 104 Å². The average Bonchev–Trinajstić information content (AvgIpc) is 2.77. The van der Waals surface area contributed by atoms with Gasteiger partial charge >= 0.3 is 0 Å². The normalized spacial score (nSPS) is 27.1. The van der Waals surface area contributed by atoms with E-state index < -0.39 is 0 Å². The van der Waals surface area contributed by atoms with Gasteiger partial charge in [-0.3, -0.25) is 0 Å². The Morgan fingerprint density at radius 2 is 1.21 bits per heavy atom. The molecule has 0 heterocycles. The quantitative estimate of drug-likeness (QED) is 0.350. The zero-order valence-corrected chi connectivity index (χ0v) is 20.4. The van der Waals surface area contributed by atoms with Crippen molar-refractivity contribution in [1.82, 2.24) is 0 Å². The van der Waals surface area contributed by atoms with Gasteiger partial charge in [0.15, 0.2) is 23.0 Å². The van der Waals surface area contributed by atoms with Gasteiger partial charge in [-0.15, -0.1) is 0 Å². The third-order valence-corrected chi connectivity index (χ3v) is 8.43. The van der Waals surface area contributed by atoms with Crippen molar-refractivity contribution < 1.29 is 9.47 Å². The summed E-state index contributed by atoms with van der Waals surface area (Å²) in [5.74, 6) is 4.85. The third-order valence-electron chi connectivity index (χ3n) is 7.96. The first-order valence-electron chi connectivity index (χ1n) is 12.0. The van der Waals surface area contributed by atoms with Gasteiger partial charge in [0.2, 0.25) is 0 Å². The average molecular weight is 495 g/mol. The van der Waals surface area contributed by atoms with E-state index in [1.54, 1.807) is 30.3 Å². The molecule has 0 aromatic heterocycles. The van der Waals surface area contributed by atoms with Crippen LogP contribution in [0.3, 0.4) is 0 Å². The van der Waals surface area contributed by atoms with Gasteiger partial charge < -0.3 is 20.9 Å². The molecular weight excluding hydrogens is 467 g/mol. The van der Waals surface area contributed by atoms with Crippen molar-refractivity contribution in [2.24, 2.45) is 17.8 Å². The summed E-state index contributed by atoms with van der Waals surface area (Å²) in [4.78, 5) is 0. The van der Waals surface area contributed by atoms with E-state index in [0.29, 0.717) is 44.4 Å². The number of halogens is 2. The highest BCUT2D eigenvalue weighted by Gasteiger charge is 2.52. The van der Waals surface area contributed by atoms with Crippen LogP contribution in [0, 0.1) is 17.8 Å². The van der Waals surface area contributed by atoms with Crippen LogP contribution in [0.5, 0.6) is 23.0 Å². The van der Waals surface area contributed by atoms with Crippen molar-refractivity contribution in [3.8, 4) is 23.0 Å². The first-order chi connectivity index (χ1) is 16.4. The lowest BCUT2D eigenvalue weighted by Gasteiger charge is -2.57. The molecule has 3 aromatic carbocycles. The molecule has 176 valence electrons. The van der Waals surface area contributed by atoms with Crippen molar-refractivity contribution >= 4 is 34.6 Å². The number of hydrogen-bond acceptors (Lipinski definition) is 4. The minimum Gasteiger partial charge on any atom is -0.451 e. The third kappa shape index (κ3) is 3.87. The van der Waals surface area contributed by atoms with E-state index in [4.69, 9.17) is 44.1 Å². The monoisotopic (exact) mass is 494 g/mol. The summed E-state index contributed by atoms with van der Waals surface area (Å²) in [6.07, 6.45) is 7.74. The molecule has 4 saturated carbocycles. The Hall–Kier alpha value is -2.56. The second-order valence-corrected chi connectivity index (χ2v) is 11.3. The van der Waals surface area contributed by atoms with Gasteiger partial charge in [0, 0.05) is 15.6 Å². The summed E-state index contributed by atoms with van der Waals surface area (Å²) in [6.45, 7) is 0. The van der Waals surface area contributed by atoms with E-state index >= 15 is 0 Å². The maximum atomic E-state index is 6.58. The van der Waals surface area contributed by atoms with Crippen LogP contribution < -0.4 is 20.9 Å². The molecular formula is C28H28Cl2N2O2. The number of ether oxygens (including phenoxy) is 2. The van der Waals surface area contributed by atoms with Crippen LogP contribution in [0.25, 0.3) is 0 Å².